The van der Waals surface area contributed by atoms with Crippen molar-refractivity contribution in [3.8, 4) is 0 Å². The maximum Gasteiger partial charge on any atom is 0.262 e. The molecular weight excluding hydrogens is 338 g/mol. The first-order chi connectivity index (χ1) is 12.1. The van der Waals surface area contributed by atoms with Crippen LogP contribution in [0, 0.1) is 0 Å². The summed E-state index contributed by atoms with van der Waals surface area (Å²) in [5, 5.41) is 5.53. The van der Waals surface area contributed by atoms with Gasteiger partial charge in [0.05, 0.1) is 11.1 Å². The van der Waals surface area contributed by atoms with Gasteiger partial charge < -0.3 is 10.6 Å². The van der Waals surface area contributed by atoms with Gasteiger partial charge in [0, 0.05) is 6.54 Å². The number of benzene rings is 2. The predicted octanol–water partition coefficient (Wildman–Crippen LogP) is 1.47. The summed E-state index contributed by atoms with van der Waals surface area (Å²) >= 11 is 5.07. The Morgan fingerprint density at radius 3 is 2.08 bits per heavy atom. The van der Waals surface area contributed by atoms with Gasteiger partial charge in [-0.25, -0.2) is 0 Å². The Morgan fingerprint density at radius 1 is 0.920 bits per heavy atom. The molecule has 126 valence electrons. The van der Waals surface area contributed by atoms with Crippen LogP contribution in [0.2, 0.25) is 0 Å². The number of hydrogen-bond donors (Lipinski definition) is 2. The van der Waals surface area contributed by atoms with Crippen molar-refractivity contribution < 1.29 is 14.4 Å². The number of thiocarbonyl (C=S) groups is 1. The van der Waals surface area contributed by atoms with Crippen molar-refractivity contribution in [2.45, 2.75) is 6.54 Å². The monoisotopic (exact) mass is 353 g/mol. The summed E-state index contributed by atoms with van der Waals surface area (Å²) in [6.45, 7) is 0.0898. The summed E-state index contributed by atoms with van der Waals surface area (Å²) in [5.74, 6) is -1.47. The number of fused-ring (bicyclic) bond motifs is 1. The number of carbonyl (C=O) groups excluding carboxylic acids is 3. The highest BCUT2D eigenvalue weighted by Gasteiger charge is 2.36. The Labute approximate surface area is 149 Å². The van der Waals surface area contributed by atoms with Crippen molar-refractivity contribution in [3.63, 3.8) is 0 Å². The van der Waals surface area contributed by atoms with Crippen LogP contribution in [-0.2, 0) is 11.3 Å². The number of hydrogen-bond acceptors (Lipinski definition) is 4. The van der Waals surface area contributed by atoms with Crippen LogP contribution in [-0.4, -0.2) is 34.3 Å². The standard InChI is InChI=1S/C18H15N3O3S/c22-15(20-18(25)19-10-12-6-2-1-3-7-12)11-21-16(23)13-8-4-5-9-14(13)17(21)24/h1-9H,10-11H2,(H2,19,20,22,25). The van der Waals surface area contributed by atoms with E-state index >= 15 is 0 Å². The fourth-order valence-electron chi connectivity index (χ4n) is 2.51. The lowest BCUT2D eigenvalue weighted by Crippen LogP contribution is -2.45. The molecule has 0 saturated heterocycles. The smallest absolute Gasteiger partial charge is 0.262 e. The second-order valence-corrected chi connectivity index (χ2v) is 5.87. The molecule has 1 aliphatic heterocycles. The minimum atomic E-state index is -0.528. The highest BCUT2D eigenvalue weighted by Crippen LogP contribution is 2.21. The van der Waals surface area contributed by atoms with E-state index in [1.807, 2.05) is 30.3 Å². The summed E-state index contributed by atoms with van der Waals surface area (Å²) in [5.41, 5.74) is 1.63. The van der Waals surface area contributed by atoms with E-state index < -0.39 is 17.7 Å². The van der Waals surface area contributed by atoms with Gasteiger partial charge in [-0.15, -0.1) is 0 Å². The minimum absolute atomic E-state index is 0.144. The number of carbonyl (C=O) groups is 3. The SMILES string of the molecule is O=C(CN1C(=O)c2ccccc2C1=O)NC(=S)NCc1ccccc1. The van der Waals surface area contributed by atoms with Crippen LogP contribution in [0.15, 0.2) is 54.6 Å². The molecule has 0 fully saturated rings. The number of nitrogens with one attached hydrogen (secondary N) is 2. The zero-order chi connectivity index (χ0) is 17.8. The van der Waals surface area contributed by atoms with Crippen LogP contribution in [0.1, 0.15) is 26.3 Å². The quantitative estimate of drug-likeness (QED) is 0.643. The molecule has 0 aromatic heterocycles. The van der Waals surface area contributed by atoms with Gasteiger partial charge in [0.2, 0.25) is 5.91 Å². The van der Waals surface area contributed by atoms with Crippen molar-refractivity contribution in [1.82, 2.24) is 15.5 Å². The number of amides is 3. The summed E-state index contributed by atoms with van der Waals surface area (Å²) in [6, 6.07) is 16.1. The summed E-state index contributed by atoms with van der Waals surface area (Å²) < 4.78 is 0. The zero-order valence-corrected chi connectivity index (χ0v) is 14.0. The molecule has 1 heterocycles. The third-order valence-corrected chi connectivity index (χ3v) is 3.98. The lowest BCUT2D eigenvalue weighted by molar-refractivity contribution is -0.120. The molecular formula is C18H15N3O3S. The third-order valence-electron chi connectivity index (χ3n) is 3.73. The second kappa shape index (κ2) is 7.23. The first-order valence-corrected chi connectivity index (χ1v) is 8.04. The number of imide groups is 1. The van der Waals surface area contributed by atoms with E-state index in [0.717, 1.165) is 10.5 Å². The minimum Gasteiger partial charge on any atom is -0.358 e. The summed E-state index contributed by atoms with van der Waals surface area (Å²) in [7, 11) is 0. The highest BCUT2D eigenvalue weighted by molar-refractivity contribution is 7.80. The molecule has 3 amide bonds. The normalized spacial score (nSPS) is 12.7. The Kier molecular flexibility index (Phi) is 4.85. The molecule has 7 heteroatoms. The maximum absolute atomic E-state index is 12.2. The van der Waals surface area contributed by atoms with Crippen molar-refractivity contribution >= 4 is 35.1 Å². The summed E-state index contributed by atoms with van der Waals surface area (Å²) in [6.07, 6.45) is 0. The molecule has 0 saturated carbocycles. The fraction of sp³-hybridized carbons (Fsp3) is 0.111. The van der Waals surface area contributed by atoms with E-state index in [-0.39, 0.29) is 11.7 Å². The molecule has 0 radical (unpaired) electrons. The van der Waals surface area contributed by atoms with Gasteiger partial charge >= 0.3 is 0 Å². The number of nitrogens with zero attached hydrogens (tertiary/aromatic N) is 1. The molecule has 1 aliphatic rings. The van der Waals surface area contributed by atoms with E-state index in [1.165, 1.54) is 0 Å². The lowest BCUT2D eigenvalue weighted by Gasteiger charge is -2.14. The first kappa shape index (κ1) is 16.8. The Hall–Kier alpha value is -3.06. The van der Waals surface area contributed by atoms with Gasteiger partial charge in [0.25, 0.3) is 11.8 Å². The van der Waals surface area contributed by atoms with Gasteiger partial charge in [0.15, 0.2) is 5.11 Å². The lowest BCUT2D eigenvalue weighted by atomic mass is 10.1. The van der Waals surface area contributed by atoms with Crippen molar-refractivity contribution in [1.29, 1.82) is 0 Å². The maximum atomic E-state index is 12.2. The molecule has 2 aromatic carbocycles. The predicted molar refractivity (Wildman–Crippen MR) is 95.8 cm³/mol. The fourth-order valence-corrected chi connectivity index (χ4v) is 2.70. The first-order valence-electron chi connectivity index (χ1n) is 7.63. The molecule has 0 atom stereocenters. The molecule has 0 spiro atoms. The largest absolute Gasteiger partial charge is 0.358 e. The van der Waals surface area contributed by atoms with Gasteiger partial charge in [-0.05, 0) is 29.9 Å². The van der Waals surface area contributed by atoms with Gasteiger partial charge in [-0.1, -0.05) is 42.5 Å². The molecule has 0 unspecified atom stereocenters. The van der Waals surface area contributed by atoms with E-state index in [4.69, 9.17) is 12.2 Å². The molecule has 0 aliphatic carbocycles. The van der Waals surface area contributed by atoms with E-state index in [2.05, 4.69) is 10.6 Å². The van der Waals surface area contributed by atoms with Crippen LogP contribution in [0.5, 0.6) is 0 Å². The van der Waals surface area contributed by atoms with Crippen LogP contribution in [0.25, 0.3) is 0 Å². The van der Waals surface area contributed by atoms with Crippen LogP contribution < -0.4 is 10.6 Å². The Bertz CT molecular complexity index is 817. The van der Waals surface area contributed by atoms with E-state index in [1.54, 1.807) is 24.3 Å². The molecule has 2 aromatic rings. The number of rotatable bonds is 4. The van der Waals surface area contributed by atoms with Gasteiger partial charge in [0.1, 0.15) is 6.54 Å². The molecule has 3 rings (SSSR count). The average molecular weight is 353 g/mol. The van der Waals surface area contributed by atoms with E-state index in [9.17, 15) is 14.4 Å². The van der Waals surface area contributed by atoms with Crippen molar-refractivity contribution in [2.24, 2.45) is 0 Å². The molecule has 6 nitrogen and oxygen atoms in total. The van der Waals surface area contributed by atoms with E-state index in [0.29, 0.717) is 17.7 Å². The Morgan fingerprint density at radius 2 is 1.48 bits per heavy atom. The molecule has 2 N–H and O–H groups in total. The van der Waals surface area contributed by atoms with Crippen molar-refractivity contribution in [2.75, 3.05) is 6.54 Å². The summed E-state index contributed by atoms with van der Waals surface area (Å²) in [4.78, 5) is 37.4. The van der Waals surface area contributed by atoms with Gasteiger partial charge in [-0.3, -0.25) is 19.3 Å². The zero-order valence-electron chi connectivity index (χ0n) is 13.2. The topological polar surface area (TPSA) is 78.5 Å². The molecule has 0 bridgehead atoms. The highest BCUT2D eigenvalue weighted by atomic mass is 32.1. The van der Waals surface area contributed by atoms with Crippen molar-refractivity contribution in [3.05, 3.63) is 71.3 Å². The average Bonchev–Trinajstić information content (AvgIpc) is 2.86. The van der Waals surface area contributed by atoms with Crippen LogP contribution in [0.3, 0.4) is 0 Å². The molecule has 25 heavy (non-hydrogen) atoms. The third kappa shape index (κ3) is 3.72. The van der Waals surface area contributed by atoms with Gasteiger partial charge in [-0.2, -0.15) is 0 Å². The van der Waals surface area contributed by atoms with Crippen LogP contribution in [0.4, 0.5) is 0 Å². The second-order valence-electron chi connectivity index (χ2n) is 5.46. The van der Waals surface area contributed by atoms with Crippen LogP contribution >= 0.6 is 12.2 Å². The Balaban J connectivity index is 1.54.